The van der Waals surface area contributed by atoms with E-state index in [1.165, 1.54) is 7.11 Å². The number of carboxylic acid groups (broad SMARTS) is 1. The number of amides is 2. The number of rotatable bonds is 6. The summed E-state index contributed by atoms with van der Waals surface area (Å²) in [5, 5.41) is 9.31. The van der Waals surface area contributed by atoms with Crippen LogP contribution in [0.4, 0.5) is 0 Å². The SMILES string of the molecule is COCCCC(C(=O)O)N1C(=O)CC2(CCCC2)C1=O. The molecule has 1 N–H and O–H groups in total. The second-order valence-electron chi connectivity index (χ2n) is 5.72. The van der Waals surface area contributed by atoms with Crippen LogP contribution in [0.3, 0.4) is 0 Å². The van der Waals surface area contributed by atoms with Crippen LogP contribution in [0.15, 0.2) is 0 Å². The van der Waals surface area contributed by atoms with Crippen LogP contribution in [0.5, 0.6) is 0 Å². The first-order valence-electron chi connectivity index (χ1n) is 7.10. The molecule has 0 bridgehead atoms. The van der Waals surface area contributed by atoms with Gasteiger partial charge in [-0.2, -0.15) is 0 Å². The number of hydrogen-bond donors (Lipinski definition) is 1. The Bertz CT molecular complexity index is 414. The molecule has 1 spiro atoms. The highest BCUT2D eigenvalue weighted by atomic mass is 16.5. The standard InChI is InChI=1S/C14H21NO5/c1-20-8-4-5-10(12(17)18)15-11(16)9-14(13(15)19)6-2-3-7-14/h10H,2-9H2,1H3,(H,17,18). The van der Waals surface area contributed by atoms with E-state index in [9.17, 15) is 19.5 Å². The van der Waals surface area contributed by atoms with Crippen molar-refractivity contribution in [2.45, 2.75) is 51.0 Å². The first kappa shape index (κ1) is 15.0. The van der Waals surface area contributed by atoms with Crippen LogP contribution in [-0.4, -0.2) is 47.5 Å². The largest absolute Gasteiger partial charge is 0.480 e. The fraction of sp³-hybridized carbons (Fsp3) is 0.786. The van der Waals surface area contributed by atoms with E-state index < -0.39 is 17.4 Å². The molecule has 1 aliphatic carbocycles. The Morgan fingerprint density at radius 3 is 2.60 bits per heavy atom. The Balaban J connectivity index is 2.14. The number of aliphatic carboxylic acids is 1. The third kappa shape index (κ3) is 2.57. The summed E-state index contributed by atoms with van der Waals surface area (Å²) >= 11 is 0. The molecule has 0 aromatic rings. The van der Waals surface area contributed by atoms with Crippen LogP contribution in [0.25, 0.3) is 0 Å². The summed E-state index contributed by atoms with van der Waals surface area (Å²) in [6.45, 7) is 0.422. The van der Waals surface area contributed by atoms with E-state index >= 15 is 0 Å². The van der Waals surface area contributed by atoms with Crippen LogP contribution in [0, 0.1) is 5.41 Å². The van der Waals surface area contributed by atoms with Gasteiger partial charge in [0.2, 0.25) is 11.8 Å². The van der Waals surface area contributed by atoms with E-state index in [-0.39, 0.29) is 24.7 Å². The first-order valence-corrected chi connectivity index (χ1v) is 7.10. The predicted molar refractivity (Wildman–Crippen MR) is 69.9 cm³/mol. The number of hydrogen-bond acceptors (Lipinski definition) is 4. The molecule has 1 atom stereocenters. The van der Waals surface area contributed by atoms with E-state index in [0.29, 0.717) is 25.9 Å². The third-order valence-electron chi connectivity index (χ3n) is 4.41. The van der Waals surface area contributed by atoms with Crippen molar-refractivity contribution in [3.8, 4) is 0 Å². The minimum atomic E-state index is -1.11. The highest BCUT2D eigenvalue weighted by Crippen LogP contribution is 2.47. The van der Waals surface area contributed by atoms with Crippen LogP contribution >= 0.6 is 0 Å². The second kappa shape index (κ2) is 5.91. The lowest BCUT2D eigenvalue weighted by Gasteiger charge is -2.25. The molecule has 0 aromatic heterocycles. The third-order valence-corrected chi connectivity index (χ3v) is 4.41. The van der Waals surface area contributed by atoms with Crippen LogP contribution < -0.4 is 0 Å². The molecule has 0 aromatic carbocycles. The highest BCUT2D eigenvalue weighted by molar-refractivity contribution is 6.08. The van der Waals surface area contributed by atoms with E-state index in [1.807, 2.05) is 0 Å². The maximum absolute atomic E-state index is 12.5. The molecule has 1 saturated heterocycles. The van der Waals surface area contributed by atoms with Gasteiger partial charge in [-0.1, -0.05) is 12.8 Å². The summed E-state index contributed by atoms with van der Waals surface area (Å²) in [5.74, 6) is -1.72. The molecule has 6 nitrogen and oxygen atoms in total. The van der Waals surface area contributed by atoms with Crippen molar-refractivity contribution in [2.24, 2.45) is 5.41 Å². The summed E-state index contributed by atoms with van der Waals surface area (Å²) in [5.41, 5.74) is -0.605. The molecule has 20 heavy (non-hydrogen) atoms. The Hall–Kier alpha value is -1.43. The number of imide groups is 1. The van der Waals surface area contributed by atoms with Gasteiger partial charge in [-0.15, -0.1) is 0 Å². The molecule has 2 fully saturated rings. The zero-order chi connectivity index (χ0) is 14.8. The molecule has 2 aliphatic rings. The van der Waals surface area contributed by atoms with Gasteiger partial charge in [-0.25, -0.2) is 4.79 Å². The van der Waals surface area contributed by atoms with Gasteiger partial charge in [0.15, 0.2) is 0 Å². The summed E-state index contributed by atoms with van der Waals surface area (Å²) in [6.07, 6.45) is 4.23. The number of methoxy groups -OCH3 is 1. The van der Waals surface area contributed by atoms with Gasteiger partial charge in [-0.05, 0) is 25.7 Å². The summed E-state index contributed by atoms with van der Waals surface area (Å²) in [7, 11) is 1.54. The van der Waals surface area contributed by atoms with Crippen molar-refractivity contribution in [3.05, 3.63) is 0 Å². The zero-order valence-electron chi connectivity index (χ0n) is 11.8. The molecule has 1 aliphatic heterocycles. The van der Waals surface area contributed by atoms with E-state index in [2.05, 4.69) is 0 Å². The van der Waals surface area contributed by atoms with Gasteiger partial charge in [0.25, 0.3) is 0 Å². The zero-order valence-corrected chi connectivity index (χ0v) is 11.8. The summed E-state index contributed by atoms with van der Waals surface area (Å²) in [4.78, 5) is 37.1. The molecule has 0 radical (unpaired) electrons. The Morgan fingerprint density at radius 1 is 1.40 bits per heavy atom. The minimum absolute atomic E-state index is 0.180. The van der Waals surface area contributed by atoms with Crippen molar-refractivity contribution in [3.63, 3.8) is 0 Å². The van der Waals surface area contributed by atoms with Gasteiger partial charge in [0, 0.05) is 20.1 Å². The summed E-state index contributed by atoms with van der Waals surface area (Å²) < 4.78 is 4.90. The lowest BCUT2D eigenvalue weighted by atomic mass is 9.84. The molecule has 112 valence electrons. The molecular weight excluding hydrogens is 262 g/mol. The summed E-state index contributed by atoms with van der Waals surface area (Å²) in [6, 6.07) is -1.05. The van der Waals surface area contributed by atoms with Gasteiger partial charge in [-0.3, -0.25) is 14.5 Å². The Morgan fingerprint density at radius 2 is 2.05 bits per heavy atom. The predicted octanol–water partition coefficient (Wildman–Crippen LogP) is 1.19. The number of carbonyl (C=O) groups excluding carboxylic acids is 2. The minimum Gasteiger partial charge on any atom is -0.480 e. The smallest absolute Gasteiger partial charge is 0.326 e. The number of likely N-dealkylation sites (tertiary alicyclic amines) is 1. The normalized spacial score (nSPS) is 22.8. The molecule has 2 rings (SSSR count). The molecule has 6 heteroatoms. The average Bonchev–Trinajstić information content (AvgIpc) is 2.94. The maximum atomic E-state index is 12.5. The average molecular weight is 283 g/mol. The lowest BCUT2D eigenvalue weighted by Crippen LogP contribution is -2.46. The van der Waals surface area contributed by atoms with Crippen LogP contribution in [-0.2, 0) is 19.1 Å². The lowest BCUT2D eigenvalue weighted by molar-refractivity contribution is -0.156. The van der Waals surface area contributed by atoms with Gasteiger partial charge in [0.05, 0.1) is 5.41 Å². The monoisotopic (exact) mass is 283 g/mol. The number of ether oxygens (including phenoxy) is 1. The fourth-order valence-electron chi connectivity index (χ4n) is 3.36. The Labute approximate surface area is 118 Å². The quantitative estimate of drug-likeness (QED) is 0.584. The number of carboxylic acids is 1. The first-order chi connectivity index (χ1) is 9.52. The van der Waals surface area contributed by atoms with Crippen LogP contribution in [0.2, 0.25) is 0 Å². The second-order valence-corrected chi connectivity index (χ2v) is 5.72. The molecule has 1 saturated carbocycles. The highest BCUT2D eigenvalue weighted by Gasteiger charge is 2.55. The number of nitrogens with zero attached hydrogens (tertiary/aromatic N) is 1. The van der Waals surface area contributed by atoms with Gasteiger partial charge >= 0.3 is 5.97 Å². The van der Waals surface area contributed by atoms with Crippen molar-refractivity contribution in [1.82, 2.24) is 4.90 Å². The van der Waals surface area contributed by atoms with Gasteiger partial charge < -0.3 is 9.84 Å². The number of carbonyl (C=O) groups is 3. The molecular formula is C14H21NO5. The Kier molecular flexibility index (Phi) is 4.42. The molecule has 2 amide bonds. The molecule has 1 heterocycles. The fourth-order valence-corrected chi connectivity index (χ4v) is 3.36. The van der Waals surface area contributed by atoms with Crippen molar-refractivity contribution in [1.29, 1.82) is 0 Å². The van der Waals surface area contributed by atoms with Crippen molar-refractivity contribution in [2.75, 3.05) is 13.7 Å². The van der Waals surface area contributed by atoms with E-state index in [1.54, 1.807) is 0 Å². The van der Waals surface area contributed by atoms with E-state index in [4.69, 9.17) is 4.74 Å². The van der Waals surface area contributed by atoms with E-state index in [0.717, 1.165) is 17.7 Å². The van der Waals surface area contributed by atoms with Crippen LogP contribution in [0.1, 0.15) is 44.9 Å². The van der Waals surface area contributed by atoms with Crippen molar-refractivity contribution >= 4 is 17.8 Å². The topological polar surface area (TPSA) is 83.9 Å². The maximum Gasteiger partial charge on any atom is 0.326 e. The van der Waals surface area contributed by atoms with Crippen molar-refractivity contribution < 1.29 is 24.2 Å². The van der Waals surface area contributed by atoms with Gasteiger partial charge in [0.1, 0.15) is 6.04 Å². The molecule has 1 unspecified atom stereocenters.